The van der Waals surface area contributed by atoms with Crippen molar-refractivity contribution in [1.29, 1.82) is 0 Å². The standard InChI is InChI=1S/C34H33FN2O4/c1-22-5-4-8-25(19-22)32-30-20-28(14-9-23(30)17-18-37(32)34(39)24-6-2-3-7-24)40-21-29-15-16-31(41-29)33(38)36-27-12-10-26(35)11-13-27/h4-5,8-16,19-20,24,32H,2-3,6-7,17-18,21H2,1H3,(H,36,38). The highest BCUT2D eigenvalue weighted by atomic mass is 19.1. The summed E-state index contributed by atoms with van der Waals surface area (Å²) in [6, 6.07) is 23.2. The molecule has 0 radical (unpaired) electrons. The van der Waals surface area contributed by atoms with Crippen molar-refractivity contribution in [3.63, 3.8) is 0 Å². The smallest absolute Gasteiger partial charge is 0.291 e. The van der Waals surface area contributed by atoms with Gasteiger partial charge in [0.2, 0.25) is 5.91 Å². The van der Waals surface area contributed by atoms with E-state index in [2.05, 4.69) is 47.5 Å². The van der Waals surface area contributed by atoms with E-state index in [1.807, 2.05) is 12.1 Å². The van der Waals surface area contributed by atoms with Crippen LogP contribution in [-0.4, -0.2) is 23.3 Å². The Morgan fingerprint density at radius 3 is 2.59 bits per heavy atom. The zero-order valence-corrected chi connectivity index (χ0v) is 23.1. The number of rotatable bonds is 7. The molecule has 1 fully saturated rings. The molecule has 2 heterocycles. The van der Waals surface area contributed by atoms with Crippen molar-refractivity contribution in [2.75, 3.05) is 11.9 Å². The van der Waals surface area contributed by atoms with Crippen LogP contribution in [0.1, 0.15) is 70.3 Å². The van der Waals surface area contributed by atoms with E-state index in [9.17, 15) is 14.0 Å². The predicted molar refractivity (Wildman–Crippen MR) is 154 cm³/mol. The monoisotopic (exact) mass is 552 g/mol. The fraction of sp³-hybridized carbons (Fsp3) is 0.294. The van der Waals surface area contributed by atoms with Crippen LogP contribution in [0.5, 0.6) is 5.75 Å². The molecule has 3 aromatic carbocycles. The Bertz CT molecular complexity index is 1560. The van der Waals surface area contributed by atoms with Crippen LogP contribution in [0.25, 0.3) is 0 Å². The van der Waals surface area contributed by atoms with Crippen LogP contribution < -0.4 is 10.1 Å². The van der Waals surface area contributed by atoms with Gasteiger partial charge in [0.25, 0.3) is 5.91 Å². The third-order valence-corrected chi connectivity index (χ3v) is 8.06. The maximum absolute atomic E-state index is 13.7. The summed E-state index contributed by atoms with van der Waals surface area (Å²) in [5.74, 6) is 0.875. The molecule has 1 atom stereocenters. The zero-order chi connectivity index (χ0) is 28.3. The number of hydrogen-bond donors (Lipinski definition) is 1. The van der Waals surface area contributed by atoms with Gasteiger partial charge in [-0.1, -0.05) is 48.7 Å². The number of nitrogens with zero attached hydrogens (tertiary/aromatic N) is 1. The molecule has 1 saturated carbocycles. The molecule has 2 amide bonds. The minimum atomic E-state index is -0.426. The van der Waals surface area contributed by atoms with Crippen molar-refractivity contribution >= 4 is 17.5 Å². The Morgan fingerprint density at radius 1 is 1.00 bits per heavy atom. The molecule has 1 aliphatic carbocycles. The minimum absolute atomic E-state index is 0.108. The molecule has 1 aromatic heterocycles. The number of aryl methyl sites for hydroxylation is 1. The molecule has 4 aromatic rings. The number of fused-ring (bicyclic) bond motifs is 1. The van der Waals surface area contributed by atoms with Gasteiger partial charge in [0.05, 0.1) is 6.04 Å². The van der Waals surface area contributed by atoms with E-state index in [-0.39, 0.29) is 36.1 Å². The average Bonchev–Trinajstić information content (AvgIpc) is 3.69. The predicted octanol–water partition coefficient (Wildman–Crippen LogP) is 7.22. The van der Waals surface area contributed by atoms with Crippen LogP contribution in [0.3, 0.4) is 0 Å². The van der Waals surface area contributed by atoms with E-state index in [0.29, 0.717) is 23.7 Å². The van der Waals surface area contributed by atoms with Crippen LogP contribution in [0.15, 0.2) is 83.3 Å². The number of halogens is 1. The first-order valence-corrected chi connectivity index (χ1v) is 14.2. The Kier molecular flexibility index (Phi) is 7.59. The summed E-state index contributed by atoms with van der Waals surface area (Å²) in [5.41, 5.74) is 5.05. The van der Waals surface area contributed by atoms with E-state index in [1.54, 1.807) is 12.1 Å². The van der Waals surface area contributed by atoms with Crippen LogP contribution in [-0.2, 0) is 17.8 Å². The van der Waals surface area contributed by atoms with Gasteiger partial charge >= 0.3 is 0 Å². The topological polar surface area (TPSA) is 71.8 Å². The molecule has 1 unspecified atom stereocenters. The zero-order valence-electron chi connectivity index (χ0n) is 23.1. The number of carbonyl (C=O) groups is 2. The van der Waals surface area contributed by atoms with Crippen molar-refractivity contribution < 1.29 is 23.1 Å². The lowest BCUT2D eigenvalue weighted by molar-refractivity contribution is -0.137. The van der Waals surface area contributed by atoms with Gasteiger partial charge in [0.1, 0.15) is 23.9 Å². The largest absolute Gasteiger partial charge is 0.486 e. The van der Waals surface area contributed by atoms with Crippen molar-refractivity contribution in [3.8, 4) is 5.75 Å². The summed E-state index contributed by atoms with van der Waals surface area (Å²) in [6.45, 7) is 2.92. The molecule has 210 valence electrons. The maximum atomic E-state index is 13.7. The quantitative estimate of drug-likeness (QED) is 0.263. The van der Waals surface area contributed by atoms with E-state index < -0.39 is 5.91 Å². The number of hydrogen-bond acceptors (Lipinski definition) is 4. The van der Waals surface area contributed by atoms with Crippen LogP contribution in [0, 0.1) is 18.7 Å². The van der Waals surface area contributed by atoms with Gasteiger partial charge in [-0.25, -0.2) is 4.39 Å². The highest BCUT2D eigenvalue weighted by Crippen LogP contribution is 2.40. The highest BCUT2D eigenvalue weighted by Gasteiger charge is 2.36. The van der Waals surface area contributed by atoms with E-state index in [1.165, 1.54) is 29.8 Å². The third kappa shape index (κ3) is 5.89. The second-order valence-corrected chi connectivity index (χ2v) is 11.0. The first-order chi connectivity index (χ1) is 19.9. The summed E-state index contributed by atoms with van der Waals surface area (Å²) in [6.07, 6.45) is 4.99. The summed E-state index contributed by atoms with van der Waals surface area (Å²) >= 11 is 0. The van der Waals surface area contributed by atoms with E-state index in [4.69, 9.17) is 9.15 Å². The lowest BCUT2D eigenvalue weighted by atomic mass is 9.86. The molecule has 7 heteroatoms. The van der Waals surface area contributed by atoms with Crippen LogP contribution >= 0.6 is 0 Å². The molecule has 1 aliphatic heterocycles. The minimum Gasteiger partial charge on any atom is -0.486 e. The van der Waals surface area contributed by atoms with E-state index >= 15 is 0 Å². The van der Waals surface area contributed by atoms with Gasteiger partial charge in [0, 0.05) is 18.2 Å². The summed E-state index contributed by atoms with van der Waals surface area (Å²) in [4.78, 5) is 28.3. The van der Waals surface area contributed by atoms with Crippen molar-refractivity contribution in [2.45, 2.75) is 51.7 Å². The lowest BCUT2D eigenvalue weighted by Crippen LogP contribution is -2.43. The second-order valence-electron chi connectivity index (χ2n) is 11.0. The number of benzene rings is 3. The lowest BCUT2D eigenvalue weighted by Gasteiger charge is -2.39. The van der Waals surface area contributed by atoms with Crippen molar-refractivity contribution in [2.24, 2.45) is 5.92 Å². The number of amides is 2. The second kappa shape index (κ2) is 11.6. The average molecular weight is 553 g/mol. The first kappa shape index (κ1) is 26.8. The molecular formula is C34H33FN2O4. The number of ether oxygens (including phenoxy) is 1. The molecule has 0 bridgehead atoms. The Hall–Kier alpha value is -4.39. The van der Waals surface area contributed by atoms with Gasteiger partial charge in [-0.2, -0.15) is 0 Å². The first-order valence-electron chi connectivity index (χ1n) is 14.2. The van der Waals surface area contributed by atoms with Gasteiger partial charge in [0.15, 0.2) is 5.76 Å². The molecule has 6 rings (SSSR count). The SMILES string of the molecule is Cc1cccc(C2c3cc(OCc4ccc(C(=O)Nc5ccc(F)cc5)o4)ccc3CCN2C(=O)C2CCCC2)c1. The summed E-state index contributed by atoms with van der Waals surface area (Å²) < 4.78 is 25.0. The molecule has 1 N–H and O–H groups in total. The Balaban J connectivity index is 1.20. The molecule has 6 nitrogen and oxygen atoms in total. The van der Waals surface area contributed by atoms with Crippen molar-refractivity contribution in [1.82, 2.24) is 4.90 Å². The maximum Gasteiger partial charge on any atom is 0.291 e. The Labute approximate surface area is 239 Å². The Morgan fingerprint density at radius 2 is 1.80 bits per heavy atom. The molecule has 41 heavy (non-hydrogen) atoms. The normalized spacial score (nSPS) is 16.8. The fourth-order valence-corrected chi connectivity index (χ4v) is 5.99. The number of carbonyl (C=O) groups excluding carboxylic acids is 2. The van der Waals surface area contributed by atoms with Gasteiger partial charge in [-0.05, 0) is 91.4 Å². The molecular weight excluding hydrogens is 519 g/mol. The molecule has 0 spiro atoms. The van der Waals surface area contributed by atoms with Gasteiger partial charge in [-0.15, -0.1) is 0 Å². The van der Waals surface area contributed by atoms with E-state index in [0.717, 1.165) is 48.8 Å². The van der Waals surface area contributed by atoms with Gasteiger partial charge in [-0.3, -0.25) is 9.59 Å². The van der Waals surface area contributed by atoms with Crippen LogP contribution in [0.2, 0.25) is 0 Å². The number of anilines is 1. The highest BCUT2D eigenvalue weighted by molar-refractivity contribution is 6.02. The number of furan rings is 1. The van der Waals surface area contributed by atoms with Crippen molar-refractivity contribution in [3.05, 3.63) is 118 Å². The van der Waals surface area contributed by atoms with Gasteiger partial charge < -0.3 is 19.4 Å². The van der Waals surface area contributed by atoms with Crippen LogP contribution in [0.4, 0.5) is 10.1 Å². The summed E-state index contributed by atoms with van der Waals surface area (Å²) in [5, 5.41) is 2.69. The molecule has 2 aliphatic rings. The summed E-state index contributed by atoms with van der Waals surface area (Å²) in [7, 11) is 0. The molecule has 0 saturated heterocycles. The third-order valence-electron chi connectivity index (χ3n) is 8.06. The number of nitrogens with one attached hydrogen (secondary N) is 1. The fourth-order valence-electron chi connectivity index (χ4n) is 5.99.